The number of hydrogen-bond donors (Lipinski definition) is 1. The zero-order valence-electron chi connectivity index (χ0n) is 2.99. The highest BCUT2D eigenvalue weighted by atomic mass is 79.9. The molecule has 0 amide bonds. The third-order valence-electron chi connectivity index (χ3n) is 0.161. The molecule has 44 valence electrons. The highest BCUT2D eigenvalue weighted by Crippen LogP contribution is 2.29. The van der Waals surface area contributed by atoms with Crippen LogP contribution in [0.3, 0.4) is 0 Å². The Morgan fingerprint density at radius 3 is 2.14 bits per heavy atom. The molecule has 0 spiro atoms. The Balaban J connectivity index is 3.15. The molecule has 0 aromatic heterocycles. The van der Waals surface area contributed by atoms with Crippen LogP contribution in [0.5, 0.6) is 0 Å². The van der Waals surface area contributed by atoms with Crippen LogP contribution in [0, 0.1) is 0 Å². The minimum absolute atomic E-state index is 1.19. The summed E-state index contributed by atoms with van der Waals surface area (Å²) in [6.45, 7) is 0. The molecule has 0 radical (unpaired) electrons. The van der Waals surface area contributed by atoms with Gasteiger partial charge < -0.3 is 4.89 Å². The van der Waals surface area contributed by atoms with Crippen LogP contribution < -0.4 is 0 Å². The first-order chi connectivity index (χ1) is 3.06. The quantitative estimate of drug-likeness (QED) is 0.533. The van der Waals surface area contributed by atoms with Crippen molar-refractivity contribution in [2.45, 2.75) is 5.02 Å². The summed E-state index contributed by atoms with van der Waals surface area (Å²) in [5, 5.41) is -3.37. The van der Waals surface area contributed by atoms with E-state index in [1.54, 1.807) is 0 Å². The van der Waals surface area contributed by atoms with Crippen molar-refractivity contribution >= 4 is 25.0 Å². The van der Waals surface area contributed by atoms with Crippen LogP contribution in [0.2, 0.25) is 0 Å². The molecule has 0 aliphatic heterocycles. The molecule has 0 aromatic carbocycles. The van der Waals surface area contributed by atoms with Gasteiger partial charge in [-0.15, -0.1) is 0 Å². The zero-order chi connectivity index (χ0) is 5.91. The van der Waals surface area contributed by atoms with Gasteiger partial charge in [0.1, 0.15) is 0 Å². The second-order valence-corrected chi connectivity index (χ2v) is 1.95. The average molecular weight is 195 g/mol. The van der Waals surface area contributed by atoms with Crippen molar-refractivity contribution in [1.29, 1.82) is 0 Å². The Bertz CT molecular complexity index is 54.1. The predicted molar refractivity (Wildman–Crippen MR) is 25.5 cm³/mol. The minimum atomic E-state index is -3.37. The fourth-order valence-electron chi connectivity index (χ4n) is 0.0518. The molecule has 0 aliphatic carbocycles. The van der Waals surface area contributed by atoms with E-state index in [-0.39, 0.29) is 0 Å². The van der Waals surface area contributed by atoms with Crippen molar-refractivity contribution in [1.82, 2.24) is 0 Å². The summed E-state index contributed by atoms with van der Waals surface area (Å²) in [4.78, 5) is 7.70. The SMILES string of the molecule is OPOC(F)(F)Br. The van der Waals surface area contributed by atoms with Gasteiger partial charge in [-0.2, -0.15) is 8.78 Å². The lowest BCUT2D eigenvalue weighted by molar-refractivity contribution is -0.0750. The van der Waals surface area contributed by atoms with Gasteiger partial charge in [-0.3, -0.25) is 4.52 Å². The van der Waals surface area contributed by atoms with Gasteiger partial charge in [0, 0.05) is 15.9 Å². The van der Waals surface area contributed by atoms with E-state index in [0.717, 1.165) is 0 Å². The van der Waals surface area contributed by atoms with E-state index in [1.807, 2.05) is 15.9 Å². The van der Waals surface area contributed by atoms with Crippen molar-refractivity contribution in [3.63, 3.8) is 0 Å². The topological polar surface area (TPSA) is 29.5 Å². The maximum atomic E-state index is 11.3. The third-order valence-corrected chi connectivity index (χ3v) is 0.970. The number of hydrogen-bond acceptors (Lipinski definition) is 2. The molecular weight excluding hydrogens is 193 g/mol. The van der Waals surface area contributed by atoms with Crippen molar-refractivity contribution in [2.75, 3.05) is 0 Å². The molecular formula is CH2BrF2O2P. The van der Waals surface area contributed by atoms with Gasteiger partial charge in [-0.1, -0.05) is 0 Å². The van der Waals surface area contributed by atoms with E-state index in [0.29, 0.717) is 0 Å². The van der Waals surface area contributed by atoms with E-state index in [4.69, 9.17) is 4.89 Å². The van der Waals surface area contributed by atoms with Gasteiger partial charge in [-0.05, 0) is 0 Å². The van der Waals surface area contributed by atoms with Crippen LogP contribution >= 0.6 is 25.0 Å². The summed E-state index contributed by atoms with van der Waals surface area (Å²) in [5.74, 6) is 0. The van der Waals surface area contributed by atoms with Crippen LogP contribution in [-0.4, -0.2) is 9.91 Å². The van der Waals surface area contributed by atoms with E-state index in [9.17, 15) is 8.78 Å². The summed E-state index contributed by atoms with van der Waals surface area (Å²) < 4.78 is 25.9. The maximum absolute atomic E-state index is 11.3. The van der Waals surface area contributed by atoms with E-state index < -0.39 is 14.1 Å². The van der Waals surface area contributed by atoms with Crippen LogP contribution in [0.4, 0.5) is 8.78 Å². The average Bonchev–Trinajstić information content (AvgIpc) is 1.30. The monoisotopic (exact) mass is 194 g/mol. The van der Waals surface area contributed by atoms with Gasteiger partial charge >= 0.3 is 5.02 Å². The van der Waals surface area contributed by atoms with Crippen LogP contribution in [-0.2, 0) is 4.52 Å². The molecule has 0 saturated heterocycles. The zero-order valence-corrected chi connectivity index (χ0v) is 5.58. The molecule has 0 heterocycles. The largest absolute Gasteiger partial charge is 0.419 e. The Kier molecular flexibility index (Phi) is 3.15. The lowest BCUT2D eigenvalue weighted by Crippen LogP contribution is -2.03. The lowest BCUT2D eigenvalue weighted by atomic mass is 11.5. The van der Waals surface area contributed by atoms with E-state index in [1.165, 1.54) is 0 Å². The van der Waals surface area contributed by atoms with E-state index >= 15 is 0 Å². The van der Waals surface area contributed by atoms with Gasteiger partial charge in [0.15, 0.2) is 9.03 Å². The fourth-order valence-corrected chi connectivity index (χ4v) is 0.372. The molecule has 0 bridgehead atoms. The predicted octanol–water partition coefficient (Wildman–Crippen LogP) is 1.45. The summed E-state index contributed by atoms with van der Waals surface area (Å²) in [6.07, 6.45) is 0. The summed E-state index contributed by atoms with van der Waals surface area (Å²) >= 11 is 1.83. The van der Waals surface area contributed by atoms with Gasteiger partial charge in [0.25, 0.3) is 0 Å². The van der Waals surface area contributed by atoms with Crippen molar-refractivity contribution < 1.29 is 18.2 Å². The fraction of sp³-hybridized carbons (Fsp3) is 1.00. The van der Waals surface area contributed by atoms with Crippen molar-refractivity contribution in [2.24, 2.45) is 0 Å². The van der Waals surface area contributed by atoms with E-state index in [2.05, 4.69) is 4.52 Å². The first-order valence-electron chi connectivity index (χ1n) is 1.20. The molecule has 1 unspecified atom stereocenters. The standard InChI is InChI=1S/CH2BrF2O2P/c2-1(3,4)6-7-5/h5,7H. The molecule has 0 aliphatic rings. The second-order valence-electron chi connectivity index (χ2n) is 0.639. The summed E-state index contributed by atoms with van der Waals surface area (Å²) in [6, 6.07) is 0. The Morgan fingerprint density at radius 1 is 1.71 bits per heavy atom. The Labute approximate surface area is 48.9 Å². The summed E-state index contributed by atoms with van der Waals surface area (Å²) in [7, 11) is -1.19. The maximum Gasteiger partial charge on any atom is 0.419 e. The summed E-state index contributed by atoms with van der Waals surface area (Å²) in [5.41, 5.74) is 0. The van der Waals surface area contributed by atoms with Crippen LogP contribution in [0.25, 0.3) is 0 Å². The molecule has 1 N–H and O–H groups in total. The minimum Gasteiger partial charge on any atom is -0.352 e. The molecule has 7 heavy (non-hydrogen) atoms. The molecule has 2 nitrogen and oxygen atoms in total. The first-order valence-corrected chi connectivity index (χ1v) is 2.85. The van der Waals surface area contributed by atoms with Gasteiger partial charge in [-0.25, -0.2) is 0 Å². The third kappa shape index (κ3) is 6.69. The Hall–Kier alpha value is 0.690. The van der Waals surface area contributed by atoms with Gasteiger partial charge in [0.05, 0.1) is 0 Å². The molecule has 0 rings (SSSR count). The van der Waals surface area contributed by atoms with Crippen molar-refractivity contribution in [3.05, 3.63) is 0 Å². The first kappa shape index (κ1) is 7.69. The molecule has 0 saturated carbocycles. The van der Waals surface area contributed by atoms with Gasteiger partial charge in [0.2, 0.25) is 0 Å². The smallest absolute Gasteiger partial charge is 0.352 e. The molecule has 0 fully saturated rings. The number of rotatable bonds is 2. The number of alkyl halides is 3. The number of halogens is 3. The Morgan fingerprint density at radius 2 is 2.14 bits per heavy atom. The van der Waals surface area contributed by atoms with Crippen molar-refractivity contribution in [3.8, 4) is 0 Å². The normalized spacial score (nSPS) is 13.7. The van der Waals surface area contributed by atoms with Crippen LogP contribution in [0.1, 0.15) is 0 Å². The molecule has 6 heteroatoms. The highest BCUT2D eigenvalue weighted by molar-refractivity contribution is 9.09. The second kappa shape index (κ2) is 2.87. The molecule has 0 aromatic rings. The lowest BCUT2D eigenvalue weighted by Gasteiger charge is -2.02. The molecule has 1 atom stereocenters. The van der Waals surface area contributed by atoms with Crippen LogP contribution in [0.15, 0.2) is 0 Å². The highest BCUT2D eigenvalue weighted by Gasteiger charge is 2.23.